The highest BCUT2D eigenvalue weighted by atomic mass is 16.3. The zero-order chi connectivity index (χ0) is 16.5. The number of carbonyl (C=O) groups excluding carboxylic acids is 1. The van der Waals surface area contributed by atoms with Crippen LogP contribution in [0.2, 0.25) is 0 Å². The molecule has 3 aromatic carbocycles. The second kappa shape index (κ2) is 5.81. The summed E-state index contributed by atoms with van der Waals surface area (Å²) in [5, 5.41) is 5.04. The molecule has 0 fully saturated rings. The van der Waals surface area contributed by atoms with E-state index in [1.54, 1.807) is 0 Å². The number of para-hydroxylation sites is 1. The average molecular weight is 316 g/mol. The first kappa shape index (κ1) is 14.5. The summed E-state index contributed by atoms with van der Waals surface area (Å²) in [7, 11) is 0. The number of rotatable bonds is 3. The van der Waals surface area contributed by atoms with Crippen LogP contribution in [0.25, 0.3) is 33.3 Å². The van der Waals surface area contributed by atoms with E-state index in [9.17, 15) is 4.79 Å². The second-order valence-corrected chi connectivity index (χ2v) is 5.60. The van der Waals surface area contributed by atoms with Gasteiger partial charge < -0.3 is 9.73 Å². The van der Waals surface area contributed by atoms with Crippen molar-refractivity contribution in [3.8, 4) is 11.5 Å². The molecule has 0 aliphatic heterocycles. The van der Waals surface area contributed by atoms with Gasteiger partial charge in [0, 0.05) is 11.8 Å². The van der Waals surface area contributed by atoms with Gasteiger partial charge in [-0.15, -0.1) is 0 Å². The van der Waals surface area contributed by atoms with Gasteiger partial charge in [0.2, 0.25) is 11.8 Å². The number of benzene rings is 3. The Balaban J connectivity index is 1.88. The highest BCUT2D eigenvalue weighted by Gasteiger charge is 2.14. The van der Waals surface area contributed by atoms with E-state index in [4.69, 9.17) is 4.42 Å². The third-order valence-corrected chi connectivity index (χ3v) is 4.03. The maximum atomic E-state index is 11.7. The van der Waals surface area contributed by atoms with E-state index in [2.05, 4.69) is 10.3 Å². The zero-order valence-electron chi connectivity index (χ0n) is 13.2. The van der Waals surface area contributed by atoms with Crippen LogP contribution in [-0.2, 0) is 4.79 Å². The van der Waals surface area contributed by atoms with Crippen LogP contribution in [0.1, 0.15) is 13.3 Å². The number of hydrogen-bond donors (Lipinski definition) is 1. The highest BCUT2D eigenvalue weighted by Crippen LogP contribution is 2.33. The minimum Gasteiger partial charge on any atom is -0.435 e. The molecule has 0 radical (unpaired) electrons. The van der Waals surface area contributed by atoms with E-state index < -0.39 is 0 Å². The molecule has 4 rings (SSSR count). The van der Waals surface area contributed by atoms with Gasteiger partial charge in [0.15, 0.2) is 5.58 Å². The Bertz CT molecular complexity index is 1050. The lowest BCUT2D eigenvalue weighted by Crippen LogP contribution is -2.10. The van der Waals surface area contributed by atoms with E-state index >= 15 is 0 Å². The summed E-state index contributed by atoms with van der Waals surface area (Å²) in [5.74, 6) is 0.470. The van der Waals surface area contributed by atoms with Crippen LogP contribution in [-0.4, -0.2) is 10.9 Å². The molecule has 0 aliphatic rings. The molecule has 0 atom stereocenters. The lowest BCUT2D eigenvalue weighted by molar-refractivity contribution is -0.115. The SMILES string of the molecule is CCC(=O)Nc1ccccc1-c1nc2ccc3ccccc3c2o1. The Hall–Kier alpha value is -3.14. The smallest absolute Gasteiger partial charge is 0.229 e. The first-order valence-electron chi connectivity index (χ1n) is 7.94. The number of nitrogens with zero attached hydrogens (tertiary/aromatic N) is 1. The monoisotopic (exact) mass is 316 g/mol. The number of amides is 1. The summed E-state index contributed by atoms with van der Waals surface area (Å²) in [6, 6.07) is 19.6. The maximum absolute atomic E-state index is 11.7. The number of nitrogens with one attached hydrogen (secondary N) is 1. The van der Waals surface area contributed by atoms with Crippen molar-refractivity contribution < 1.29 is 9.21 Å². The second-order valence-electron chi connectivity index (χ2n) is 5.60. The molecule has 0 unspecified atom stereocenters. The van der Waals surface area contributed by atoms with E-state index in [1.807, 2.05) is 67.6 Å². The van der Waals surface area contributed by atoms with Crippen LogP contribution in [0.15, 0.2) is 65.1 Å². The molecule has 1 amide bonds. The van der Waals surface area contributed by atoms with Crippen LogP contribution in [0, 0.1) is 0 Å². The molecule has 4 heteroatoms. The van der Waals surface area contributed by atoms with Crippen LogP contribution < -0.4 is 5.32 Å². The quantitative estimate of drug-likeness (QED) is 0.579. The summed E-state index contributed by atoms with van der Waals surface area (Å²) >= 11 is 0. The highest BCUT2D eigenvalue weighted by molar-refractivity contribution is 6.04. The van der Waals surface area contributed by atoms with Crippen molar-refractivity contribution in [3.63, 3.8) is 0 Å². The molecule has 1 aromatic heterocycles. The molecule has 118 valence electrons. The van der Waals surface area contributed by atoms with Gasteiger partial charge in [0.1, 0.15) is 5.52 Å². The van der Waals surface area contributed by atoms with E-state index in [0.717, 1.165) is 27.4 Å². The summed E-state index contributed by atoms with van der Waals surface area (Å²) in [4.78, 5) is 16.4. The molecule has 0 saturated carbocycles. The minimum atomic E-state index is -0.0380. The fourth-order valence-corrected chi connectivity index (χ4v) is 2.79. The van der Waals surface area contributed by atoms with Gasteiger partial charge in [-0.2, -0.15) is 0 Å². The standard InChI is InChI=1S/C20H16N2O2/c1-2-18(23)21-16-10-6-5-9-15(16)20-22-17-12-11-13-7-3-4-8-14(13)19(17)24-20/h3-12H,2H2,1H3,(H,21,23). The van der Waals surface area contributed by atoms with Gasteiger partial charge in [-0.1, -0.05) is 49.4 Å². The van der Waals surface area contributed by atoms with E-state index in [1.165, 1.54) is 0 Å². The van der Waals surface area contributed by atoms with Crippen molar-refractivity contribution in [3.05, 3.63) is 60.7 Å². The minimum absolute atomic E-state index is 0.0380. The predicted octanol–water partition coefficient (Wildman–Crippen LogP) is 5.00. The number of fused-ring (bicyclic) bond motifs is 3. The molecular weight excluding hydrogens is 300 g/mol. The van der Waals surface area contributed by atoms with Crippen LogP contribution in [0.5, 0.6) is 0 Å². The van der Waals surface area contributed by atoms with Gasteiger partial charge in [0.05, 0.1) is 11.3 Å². The molecule has 24 heavy (non-hydrogen) atoms. The van der Waals surface area contributed by atoms with Gasteiger partial charge >= 0.3 is 0 Å². The molecule has 4 nitrogen and oxygen atoms in total. The normalized spacial score (nSPS) is 11.0. The van der Waals surface area contributed by atoms with Gasteiger partial charge in [-0.25, -0.2) is 4.98 Å². The largest absolute Gasteiger partial charge is 0.435 e. The average Bonchev–Trinajstić information content (AvgIpc) is 3.06. The van der Waals surface area contributed by atoms with E-state index in [-0.39, 0.29) is 5.91 Å². The number of hydrogen-bond acceptors (Lipinski definition) is 3. The first-order valence-corrected chi connectivity index (χ1v) is 7.94. The van der Waals surface area contributed by atoms with Crippen molar-refractivity contribution >= 4 is 33.5 Å². The Morgan fingerprint density at radius 3 is 2.71 bits per heavy atom. The van der Waals surface area contributed by atoms with Crippen molar-refractivity contribution in [2.75, 3.05) is 5.32 Å². The van der Waals surface area contributed by atoms with Crippen molar-refractivity contribution in [1.82, 2.24) is 4.98 Å². The molecule has 4 aromatic rings. The van der Waals surface area contributed by atoms with Crippen LogP contribution in [0.4, 0.5) is 5.69 Å². The van der Waals surface area contributed by atoms with E-state index in [0.29, 0.717) is 18.0 Å². The van der Waals surface area contributed by atoms with Gasteiger partial charge in [-0.05, 0) is 23.6 Å². The number of aromatic nitrogens is 1. The third kappa shape index (κ3) is 2.42. The lowest BCUT2D eigenvalue weighted by atomic mass is 10.1. The van der Waals surface area contributed by atoms with Gasteiger partial charge in [-0.3, -0.25) is 4.79 Å². The lowest BCUT2D eigenvalue weighted by Gasteiger charge is -2.07. The summed E-state index contributed by atoms with van der Waals surface area (Å²) in [5.41, 5.74) is 3.06. The molecule has 0 bridgehead atoms. The molecule has 0 saturated heterocycles. The molecule has 0 aliphatic carbocycles. The Morgan fingerprint density at radius 1 is 1.04 bits per heavy atom. The summed E-state index contributed by atoms with van der Waals surface area (Å²) in [6.07, 6.45) is 0.423. The van der Waals surface area contributed by atoms with Crippen molar-refractivity contribution in [2.45, 2.75) is 13.3 Å². The van der Waals surface area contributed by atoms with Crippen molar-refractivity contribution in [1.29, 1.82) is 0 Å². The summed E-state index contributed by atoms with van der Waals surface area (Å²) in [6.45, 7) is 1.82. The maximum Gasteiger partial charge on any atom is 0.229 e. The predicted molar refractivity (Wildman–Crippen MR) is 95.9 cm³/mol. The number of oxazole rings is 1. The molecular formula is C20H16N2O2. The first-order chi connectivity index (χ1) is 11.8. The van der Waals surface area contributed by atoms with Crippen LogP contribution in [0.3, 0.4) is 0 Å². The summed E-state index contributed by atoms with van der Waals surface area (Å²) < 4.78 is 6.06. The fourth-order valence-electron chi connectivity index (χ4n) is 2.79. The Morgan fingerprint density at radius 2 is 1.83 bits per heavy atom. The fraction of sp³-hybridized carbons (Fsp3) is 0.100. The Labute approximate surface area is 139 Å². The van der Waals surface area contributed by atoms with Crippen LogP contribution >= 0.6 is 0 Å². The third-order valence-electron chi connectivity index (χ3n) is 4.03. The molecule has 1 heterocycles. The zero-order valence-corrected chi connectivity index (χ0v) is 13.2. The molecule has 0 spiro atoms. The number of anilines is 1. The van der Waals surface area contributed by atoms with Crippen molar-refractivity contribution in [2.24, 2.45) is 0 Å². The van der Waals surface area contributed by atoms with Gasteiger partial charge in [0.25, 0.3) is 0 Å². The Kier molecular flexibility index (Phi) is 3.50. The topological polar surface area (TPSA) is 55.1 Å². The number of carbonyl (C=O) groups is 1. The molecule has 1 N–H and O–H groups in total.